The van der Waals surface area contributed by atoms with Gasteiger partial charge in [-0.1, -0.05) is 19.1 Å². The van der Waals surface area contributed by atoms with Gasteiger partial charge < -0.3 is 30.5 Å². The monoisotopic (exact) mass is 598 g/mol. The first-order chi connectivity index (χ1) is 20.1. The molecule has 0 unspecified atom stereocenters. The predicted octanol–water partition coefficient (Wildman–Crippen LogP) is 3.66. The summed E-state index contributed by atoms with van der Waals surface area (Å²) in [5.74, 6) is 2.07. The number of rotatable bonds is 7. The third kappa shape index (κ3) is 9.11. The molecule has 1 aromatic heterocycles. The second-order valence-corrected chi connectivity index (χ2v) is 12.7. The van der Waals surface area contributed by atoms with Crippen molar-refractivity contribution in [1.29, 1.82) is 0 Å². The summed E-state index contributed by atoms with van der Waals surface area (Å²) in [6, 6.07) is 5.64. The zero-order chi connectivity index (χ0) is 30.7. The van der Waals surface area contributed by atoms with Crippen LogP contribution >= 0.6 is 0 Å². The molecule has 0 spiro atoms. The van der Waals surface area contributed by atoms with Crippen molar-refractivity contribution in [3.05, 3.63) is 65.2 Å². The first-order valence-electron chi connectivity index (χ1n) is 14.3. The van der Waals surface area contributed by atoms with E-state index in [4.69, 9.17) is 10.5 Å². The molecule has 11 heteroatoms. The van der Waals surface area contributed by atoms with Crippen molar-refractivity contribution in [2.75, 3.05) is 83.7 Å². The Hall–Kier alpha value is -3.28. The van der Waals surface area contributed by atoms with Crippen LogP contribution in [0.3, 0.4) is 0 Å². The number of anilines is 2. The molecule has 42 heavy (non-hydrogen) atoms. The number of nitrogens with zero attached hydrogens (tertiary/aromatic N) is 6. The molecule has 1 aliphatic carbocycles. The number of nitrogens with two attached hydrogens (primary N) is 1. The average molecular weight is 599 g/mol. The van der Waals surface area contributed by atoms with Gasteiger partial charge in [-0.3, -0.25) is 9.20 Å². The van der Waals surface area contributed by atoms with Crippen LogP contribution in [0.15, 0.2) is 75.2 Å². The van der Waals surface area contributed by atoms with E-state index in [-0.39, 0.29) is 6.84 Å². The molecule has 232 valence electrons. The SMILES string of the molecule is CN=C1/C(=C\N=CNC2=CC=C(N3CCCN(C)CC3)C(C)=CC2)[C@](C)(COC)CN1c1cccc(N)n1.CS(C)=O.[HH]. The van der Waals surface area contributed by atoms with Gasteiger partial charge in [0, 0.05) is 100 Å². The average Bonchev–Trinajstić information content (AvgIpc) is 3.06. The maximum atomic E-state index is 9.56. The van der Waals surface area contributed by atoms with E-state index in [1.165, 1.54) is 17.7 Å². The van der Waals surface area contributed by atoms with Gasteiger partial charge in [0.15, 0.2) is 0 Å². The Morgan fingerprint density at radius 2 is 2.00 bits per heavy atom. The summed E-state index contributed by atoms with van der Waals surface area (Å²) in [5, 5.41) is 3.39. The van der Waals surface area contributed by atoms with Crippen molar-refractivity contribution in [3.63, 3.8) is 0 Å². The molecule has 1 aromatic rings. The van der Waals surface area contributed by atoms with E-state index in [0.29, 0.717) is 19.0 Å². The number of pyridine rings is 1. The van der Waals surface area contributed by atoms with Crippen LogP contribution in [0.5, 0.6) is 0 Å². The largest absolute Gasteiger partial charge is 0.384 e. The Morgan fingerprint density at radius 3 is 2.69 bits per heavy atom. The van der Waals surface area contributed by atoms with Crippen LogP contribution < -0.4 is 16.0 Å². The van der Waals surface area contributed by atoms with Crippen molar-refractivity contribution in [3.8, 4) is 0 Å². The maximum Gasteiger partial charge on any atom is 0.136 e. The lowest BCUT2D eigenvalue weighted by Crippen LogP contribution is -2.30. The molecule has 0 bridgehead atoms. The number of aliphatic imine (C=N–C) groups is 2. The van der Waals surface area contributed by atoms with Crippen LogP contribution in [-0.4, -0.2) is 104 Å². The molecular weight excluding hydrogens is 548 g/mol. The highest BCUT2D eigenvalue weighted by atomic mass is 32.2. The van der Waals surface area contributed by atoms with Gasteiger partial charge in [0.2, 0.25) is 0 Å². The van der Waals surface area contributed by atoms with Crippen molar-refractivity contribution in [2.45, 2.75) is 26.7 Å². The molecule has 0 radical (unpaired) electrons. The number of likely N-dealkylation sites (N-methyl/N-ethyl adjacent to an activating group) is 1. The fraction of sp³-hybridized carbons (Fsp3) is 0.516. The van der Waals surface area contributed by atoms with Gasteiger partial charge in [-0.2, -0.15) is 0 Å². The van der Waals surface area contributed by atoms with Crippen LogP contribution in [0.2, 0.25) is 0 Å². The van der Waals surface area contributed by atoms with E-state index < -0.39 is 10.8 Å². The molecule has 3 aliphatic rings. The van der Waals surface area contributed by atoms with Gasteiger partial charge in [-0.05, 0) is 56.8 Å². The molecule has 3 heterocycles. The summed E-state index contributed by atoms with van der Waals surface area (Å²) in [6.45, 7) is 9.98. The standard InChI is InChI=1S/C29H42N8O.C2H6OS.H2/c1-22-10-11-23(12-13-25(22)36-15-7-14-35(4)16-17-36)33-21-32-18-24-28(31-3)37(19-29(24,2)20-38-5)27-9-6-8-26(30)34-27;1-4(2)3;/h6,8-10,12-13,18,21H,7,11,14-17,19-20H2,1-5H3,(H2,30,34)(H,32,33);1-2H3;1H/b24-18+,31-28?;;/t29-;;/m0../s1. The van der Waals surface area contributed by atoms with Crippen LogP contribution in [-0.2, 0) is 15.5 Å². The number of hydrogen-bond donors (Lipinski definition) is 2. The predicted molar refractivity (Wildman–Crippen MR) is 179 cm³/mol. The van der Waals surface area contributed by atoms with Crippen LogP contribution in [0, 0.1) is 5.41 Å². The molecule has 2 fully saturated rings. The van der Waals surface area contributed by atoms with Gasteiger partial charge in [0.05, 0.1) is 12.9 Å². The van der Waals surface area contributed by atoms with E-state index in [2.05, 4.69) is 74.1 Å². The second-order valence-electron chi connectivity index (χ2n) is 11.2. The number of hydrogen-bond acceptors (Lipinski definition) is 8. The third-order valence-corrected chi connectivity index (χ3v) is 7.42. The lowest BCUT2D eigenvalue weighted by Gasteiger charge is -2.26. The topological polar surface area (TPSA) is 112 Å². The zero-order valence-electron chi connectivity index (χ0n) is 26.3. The van der Waals surface area contributed by atoms with Gasteiger partial charge in [-0.15, -0.1) is 0 Å². The Bertz CT molecular complexity index is 1290. The highest BCUT2D eigenvalue weighted by molar-refractivity contribution is 7.83. The third-order valence-electron chi connectivity index (χ3n) is 7.42. The van der Waals surface area contributed by atoms with Crippen molar-refractivity contribution in [2.24, 2.45) is 15.4 Å². The van der Waals surface area contributed by atoms with Crippen LogP contribution in [0.25, 0.3) is 0 Å². The smallest absolute Gasteiger partial charge is 0.136 e. The summed E-state index contributed by atoms with van der Waals surface area (Å²) in [6.07, 6.45) is 15.6. The van der Waals surface area contributed by atoms with Crippen LogP contribution in [0.4, 0.5) is 11.6 Å². The summed E-state index contributed by atoms with van der Waals surface area (Å²) in [7, 11) is 5.10. The van der Waals surface area contributed by atoms with Crippen molar-refractivity contribution >= 4 is 34.6 Å². The van der Waals surface area contributed by atoms with Crippen LogP contribution in [0.1, 0.15) is 28.1 Å². The first-order valence-corrected chi connectivity index (χ1v) is 16.3. The Kier molecular flexibility index (Phi) is 12.5. The van der Waals surface area contributed by atoms with Crippen molar-refractivity contribution < 1.29 is 10.4 Å². The summed E-state index contributed by atoms with van der Waals surface area (Å²) in [4.78, 5) is 20.8. The minimum atomic E-state index is -0.611. The molecular formula is C31H50N8O2S. The first kappa shape index (κ1) is 33.2. The number of amidine groups is 1. The number of methoxy groups -OCH3 is 1. The Balaban J connectivity index is 0.00000121. The zero-order valence-corrected chi connectivity index (χ0v) is 27.1. The lowest BCUT2D eigenvalue weighted by atomic mass is 9.86. The second kappa shape index (κ2) is 15.8. The minimum absolute atomic E-state index is 0. The number of nitrogen functional groups attached to an aromatic ring is 1. The quantitative estimate of drug-likeness (QED) is 0.361. The highest BCUT2D eigenvalue weighted by Crippen LogP contribution is 2.39. The highest BCUT2D eigenvalue weighted by Gasteiger charge is 2.44. The molecule has 1 atom stereocenters. The lowest BCUT2D eigenvalue weighted by molar-refractivity contribution is 0.127. The molecule has 2 saturated heterocycles. The van der Waals surface area contributed by atoms with Crippen molar-refractivity contribution in [1.82, 2.24) is 20.1 Å². The fourth-order valence-corrected chi connectivity index (χ4v) is 5.33. The van der Waals surface area contributed by atoms with Gasteiger partial charge >= 0.3 is 0 Å². The molecule has 0 aromatic carbocycles. The maximum absolute atomic E-state index is 9.56. The molecule has 0 amide bonds. The normalized spacial score (nSPS) is 23.9. The fourth-order valence-electron chi connectivity index (χ4n) is 5.33. The van der Waals surface area contributed by atoms with E-state index in [1.54, 1.807) is 39.1 Å². The Labute approximate surface area is 255 Å². The number of aromatic nitrogens is 1. The summed E-state index contributed by atoms with van der Waals surface area (Å²) >= 11 is 0. The van der Waals surface area contributed by atoms with E-state index >= 15 is 0 Å². The van der Waals surface area contributed by atoms with E-state index in [9.17, 15) is 4.21 Å². The molecule has 10 nitrogen and oxygen atoms in total. The molecule has 4 rings (SSSR count). The number of nitrogens with one attached hydrogen (secondary N) is 1. The molecule has 0 saturated carbocycles. The van der Waals surface area contributed by atoms with E-state index in [1.807, 2.05) is 18.3 Å². The molecule has 3 N–H and O–H groups in total. The number of allylic oxidation sites excluding steroid dienone is 4. The van der Waals surface area contributed by atoms with Gasteiger partial charge in [0.1, 0.15) is 17.5 Å². The summed E-state index contributed by atoms with van der Waals surface area (Å²) < 4.78 is 15.2. The van der Waals surface area contributed by atoms with Gasteiger partial charge in [-0.25, -0.2) is 9.98 Å². The summed E-state index contributed by atoms with van der Waals surface area (Å²) in [5.41, 5.74) is 10.4. The molecule has 2 aliphatic heterocycles. The number of ether oxygens (including phenoxy) is 1. The van der Waals surface area contributed by atoms with Gasteiger partial charge in [0.25, 0.3) is 0 Å². The minimum Gasteiger partial charge on any atom is -0.384 e. The van der Waals surface area contributed by atoms with E-state index in [0.717, 1.165) is 55.5 Å². The Morgan fingerprint density at radius 1 is 1.24 bits per heavy atom.